The van der Waals surface area contributed by atoms with Crippen molar-refractivity contribution in [2.24, 2.45) is 0 Å². The van der Waals surface area contributed by atoms with E-state index < -0.39 is 10.8 Å². The van der Waals surface area contributed by atoms with Crippen molar-refractivity contribution in [3.8, 4) is 11.8 Å². The number of carbonyl (C=O) groups excluding carboxylic acids is 1. The minimum atomic E-state index is -0.484. The molecule has 1 amide bonds. The van der Waals surface area contributed by atoms with Gasteiger partial charge in [-0.25, -0.2) is 0 Å². The normalized spacial score (nSPS) is 10.9. The fourth-order valence-electron chi connectivity index (χ4n) is 2.98. The average molecular weight is 553 g/mol. The Balaban J connectivity index is 1.71. The molecule has 3 aromatic carbocycles. The van der Waals surface area contributed by atoms with E-state index in [0.29, 0.717) is 22.6 Å². The number of hydrogen-bond donors (Lipinski definition) is 1. The molecule has 0 saturated carbocycles. The standard InChI is InChI=1S/C25H20IN3O4/c1-16-6-8-21(10-17(16)2)28-25(30)20(14-27)11-18-7-9-24(23(26)13-18)33-15-19-4-3-5-22(12-19)29(31)32/h3-13H,15H2,1-2H3,(H,28,30)/b20-11+. The van der Waals surface area contributed by atoms with Gasteiger partial charge in [0, 0.05) is 17.8 Å². The molecule has 7 nitrogen and oxygen atoms in total. The number of benzene rings is 3. The van der Waals surface area contributed by atoms with Crippen molar-refractivity contribution < 1.29 is 14.5 Å². The fourth-order valence-corrected chi connectivity index (χ4v) is 3.67. The van der Waals surface area contributed by atoms with Gasteiger partial charge in [0.2, 0.25) is 0 Å². The summed E-state index contributed by atoms with van der Waals surface area (Å²) < 4.78 is 6.57. The summed E-state index contributed by atoms with van der Waals surface area (Å²) in [6, 6.07) is 19.1. The van der Waals surface area contributed by atoms with E-state index >= 15 is 0 Å². The Bertz CT molecular complexity index is 1300. The van der Waals surface area contributed by atoms with Crippen LogP contribution in [0, 0.1) is 38.9 Å². The zero-order chi connectivity index (χ0) is 24.0. The molecule has 0 radical (unpaired) electrons. The fraction of sp³-hybridized carbons (Fsp3) is 0.120. The Morgan fingerprint density at radius 3 is 2.61 bits per heavy atom. The zero-order valence-electron chi connectivity index (χ0n) is 18.0. The number of non-ortho nitro benzene ring substituents is 1. The van der Waals surface area contributed by atoms with E-state index in [2.05, 4.69) is 27.9 Å². The number of halogens is 1. The number of carbonyl (C=O) groups is 1. The molecule has 166 valence electrons. The number of amides is 1. The molecule has 1 N–H and O–H groups in total. The molecule has 0 atom stereocenters. The maximum absolute atomic E-state index is 12.6. The van der Waals surface area contributed by atoms with E-state index in [1.165, 1.54) is 18.2 Å². The van der Waals surface area contributed by atoms with E-state index in [9.17, 15) is 20.2 Å². The SMILES string of the molecule is Cc1ccc(NC(=O)/C(C#N)=C/c2ccc(OCc3cccc([N+](=O)[O-])c3)c(I)c2)cc1C. The molecule has 0 aliphatic heterocycles. The molecule has 0 aliphatic carbocycles. The Labute approximate surface area is 205 Å². The van der Waals surface area contributed by atoms with Crippen LogP contribution in [0.2, 0.25) is 0 Å². The van der Waals surface area contributed by atoms with Crippen LogP contribution >= 0.6 is 22.6 Å². The van der Waals surface area contributed by atoms with Crippen LogP contribution in [-0.4, -0.2) is 10.8 Å². The number of nitro benzene ring substituents is 1. The first kappa shape index (κ1) is 23.9. The van der Waals surface area contributed by atoms with Gasteiger partial charge in [0.25, 0.3) is 11.6 Å². The predicted octanol–water partition coefficient (Wildman–Crippen LogP) is 5.94. The number of anilines is 1. The first-order chi connectivity index (χ1) is 15.8. The highest BCUT2D eigenvalue weighted by Gasteiger charge is 2.12. The van der Waals surface area contributed by atoms with Gasteiger partial charge in [-0.2, -0.15) is 5.26 Å². The van der Waals surface area contributed by atoms with Crippen LogP contribution in [0.4, 0.5) is 11.4 Å². The van der Waals surface area contributed by atoms with Gasteiger partial charge in [0.1, 0.15) is 24.0 Å². The van der Waals surface area contributed by atoms with Crippen molar-refractivity contribution in [1.82, 2.24) is 0 Å². The number of aryl methyl sites for hydroxylation is 2. The highest BCUT2D eigenvalue weighted by molar-refractivity contribution is 14.1. The van der Waals surface area contributed by atoms with Crippen molar-refractivity contribution in [3.05, 3.63) is 102 Å². The minimum absolute atomic E-state index is 0.00869. The number of nitrogens with zero attached hydrogens (tertiary/aromatic N) is 2. The number of nitriles is 1. The Hall–Kier alpha value is -3.71. The smallest absolute Gasteiger partial charge is 0.269 e. The van der Waals surface area contributed by atoms with Crippen molar-refractivity contribution in [2.75, 3.05) is 5.32 Å². The lowest BCUT2D eigenvalue weighted by Gasteiger charge is -2.10. The molecular weight excluding hydrogens is 533 g/mol. The largest absolute Gasteiger partial charge is 0.488 e. The molecular formula is C25H20IN3O4. The Morgan fingerprint density at radius 2 is 1.94 bits per heavy atom. The monoisotopic (exact) mass is 553 g/mol. The number of ether oxygens (including phenoxy) is 1. The third kappa shape index (κ3) is 6.40. The van der Waals surface area contributed by atoms with Crippen molar-refractivity contribution in [2.45, 2.75) is 20.5 Å². The van der Waals surface area contributed by atoms with Gasteiger partial charge in [-0.3, -0.25) is 14.9 Å². The molecule has 0 saturated heterocycles. The van der Waals surface area contributed by atoms with Crippen molar-refractivity contribution >= 4 is 45.9 Å². The molecule has 0 spiro atoms. The highest BCUT2D eigenvalue weighted by Crippen LogP contribution is 2.25. The van der Waals surface area contributed by atoms with Gasteiger partial charge in [-0.1, -0.05) is 24.3 Å². The van der Waals surface area contributed by atoms with Crippen LogP contribution in [0.15, 0.2) is 66.2 Å². The number of nitro groups is 1. The average Bonchev–Trinajstić information content (AvgIpc) is 2.79. The first-order valence-corrected chi connectivity index (χ1v) is 11.0. The summed E-state index contributed by atoms with van der Waals surface area (Å²) >= 11 is 2.10. The Kier molecular flexibility index (Phi) is 7.79. The molecule has 8 heteroatoms. The van der Waals surface area contributed by atoms with Crippen LogP contribution in [0.5, 0.6) is 5.75 Å². The van der Waals surface area contributed by atoms with Gasteiger partial charge in [-0.05, 0) is 89.0 Å². The summed E-state index contributed by atoms with van der Waals surface area (Å²) in [5.74, 6) is 0.110. The molecule has 0 bridgehead atoms. The highest BCUT2D eigenvalue weighted by atomic mass is 127. The molecule has 0 unspecified atom stereocenters. The van der Waals surface area contributed by atoms with E-state index in [-0.39, 0.29) is 17.9 Å². The second kappa shape index (κ2) is 10.7. The minimum Gasteiger partial charge on any atom is -0.488 e. The van der Waals surface area contributed by atoms with E-state index in [1.807, 2.05) is 32.0 Å². The van der Waals surface area contributed by atoms with Crippen LogP contribution < -0.4 is 10.1 Å². The van der Waals surface area contributed by atoms with Crippen molar-refractivity contribution in [3.63, 3.8) is 0 Å². The predicted molar refractivity (Wildman–Crippen MR) is 135 cm³/mol. The van der Waals surface area contributed by atoms with Gasteiger partial charge in [0.15, 0.2) is 0 Å². The quantitative estimate of drug-likeness (QED) is 0.128. The van der Waals surface area contributed by atoms with Crippen molar-refractivity contribution in [1.29, 1.82) is 5.26 Å². The van der Waals surface area contributed by atoms with Crippen LogP contribution in [0.25, 0.3) is 6.08 Å². The lowest BCUT2D eigenvalue weighted by Crippen LogP contribution is -2.13. The first-order valence-electron chi connectivity index (χ1n) is 9.93. The second-order valence-electron chi connectivity index (χ2n) is 7.33. The van der Waals surface area contributed by atoms with E-state index in [1.54, 1.807) is 36.4 Å². The topological polar surface area (TPSA) is 105 Å². The third-order valence-electron chi connectivity index (χ3n) is 4.91. The zero-order valence-corrected chi connectivity index (χ0v) is 20.1. The Morgan fingerprint density at radius 1 is 1.15 bits per heavy atom. The van der Waals surface area contributed by atoms with E-state index in [0.717, 1.165) is 14.7 Å². The maximum atomic E-state index is 12.6. The van der Waals surface area contributed by atoms with E-state index in [4.69, 9.17) is 4.74 Å². The number of rotatable bonds is 7. The number of hydrogen-bond acceptors (Lipinski definition) is 5. The lowest BCUT2D eigenvalue weighted by atomic mass is 10.1. The summed E-state index contributed by atoms with van der Waals surface area (Å²) in [5.41, 5.74) is 4.14. The molecule has 0 aromatic heterocycles. The summed E-state index contributed by atoms with van der Waals surface area (Å²) in [6.07, 6.45) is 1.52. The lowest BCUT2D eigenvalue weighted by molar-refractivity contribution is -0.384. The molecule has 0 heterocycles. The maximum Gasteiger partial charge on any atom is 0.269 e. The second-order valence-corrected chi connectivity index (χ2v) is 8.49. The van der Waals surface area contributed by atoms with Gasteiger partial charge < -0.3 is 10.1 Å². The molecule has 3 rings (SSSR count). The van der Waals surface area contributed by atoms with Gasteiger partial charge in [0.05, 0.1) is 8.49 Å². The number of nitrogens with one attached hydrogen (secondary N) is 1. The van der Waals surface area contributed by atoms with Gasteiger partial charge in [-0.15, -0.1) is 0 Å². The van der Waals surface area contributed by atoms with Crippen LogP contribution in [0.3, 0.4) is 0 Å². The molecule has 33 heavy (non-hydrogen) atoms. The van der Waals surface area contributed by atoms with Crippen LogP contribution in [-0.2, 0) is 11.4 Å². The third-order valence-corrected chi connectivity index (χ3v) is 5.76. The summed E-state index contributed by atoms with van der Waals surface area (Å²) in [7, 11) is 0. The summed E-state index contributed by atoms with van der Waals surface area (Å²) in [6.45, 7) is 4.12. The molecule has 3 aromatic rings. The molecule has 0 aliphatic rings. The molecule has 0 fully saturated rings. The van der Waals surface area contributed by atoms with Gasteiger partial charge >= 0.3 is 0 Å². The summed E-state index contributed by atoms with van der Waals surface area (Å²) in [5, 5.41) is 23.1. The summed E-state index contributed by atoms with van der Waals surface area (Å²) in [4.78, 5) is 23.0. The van der Waals surface area contributed by atoms with Crippen LogP contribution in [0.1, 0.15) is 22.3 Å².